The number of carboxylic acid groups (broad SMARTS) is 1. The number of hydrogen-bond donors (Lipinski definition) is 2. The summed E-state index contributed by atoms with van der Waals surface area (Å²) in [5.41, 5.74) is 0. The van der Waals surface area contributed by atoms with Crippen LogP contribution in [0.15, 0.2) is 0 Å². The van der Waals surface area contributed by atoms with Gasteiger partial charge in [0.15, 0.2) is 0 Å². The molecule has 2 atom stereocenters. The van der Waals surface area contributed by atoms with Crippen molar-refractivity contribution in [3.63, 3.8) is 0 Å². The van der Waals surface area contributed by atoms with E-state index in [1.165, 1.54) is 0 Å². The lowest BCUT2D eigenvalue weighted by atomic mass is 9.87. The highest BCUT2D eigenvalue weighted by atomic mass is 16.4. The molecule has 1 aliphatic carbocycles. The Morgan fingerprint density at radius 3 is 2.43 bits per heavy atom. The van der Waals surface area contributed by atoms with E-state index < -0.39 is 18.1 Å². The highest BCUT2D eigenvalue weighted by molar-refractivity contribution is 5.80. The predicted molar refractivity (Wildman–Crippen MR) is 77.8 cm³/mol. The van der Waals surface area contributed by atoms with Crippen LogP contribution in [0.1, 0.15) is 39.0 Å². The Morgan fingerprint density at radius 1 is 1.24 bits per heavy atom. The van der Waals surface area contributed by atoms with Gasteiger partial charge in [-0.15, -0.1) is 0 Å². The molecule has 1 saturated heterocycles. The number of rotatable bonds is 4. The molecule has 2 N–H and O–H groups in total. The highest BCUT2D eigenvalue weighted by Crippen LogP contribution is 2.27. The number of aliphatic hydroxyl groups excluding tert-OH is 1. The summed E-state index contributed by atoms with van der Waals surface area (Å²) < 4.78 is 0. The second-order valence-electron chi connectivity index (χ2n) is 6.59. The number of carbonyl (C=O) groups is 2. The van der Waals surface area contributed by atoms with E-state index >= 15 is 0 Å². The molecule has 1 heterocycles. The lowest BCUT2D eigenvalue weighted by Gasteiger charge is -2.34. The average molecular weight is 298 g/mol. The van der Waals surface area contributed by atoms with Crippen LogP contribution in [0.2, 0.25) is 0 Å². The summed E-state index contributed by atoms with van der Waals surface area (Å²) in [5.74, 6) is -0.279. The van der Waals surface area contributed by atoms with Crippen molar-refractivity contribution < 1.29 is 19.8 Å². The van der Waals surface area contributed by atoms with E-state index in [0.717, 1.165) is 31.6 Å². The third kappa shape index (κ3) is 3.95. The summed E-state index contributed by atoms with van der Waals surface area (Å²) in [7, 11) is 1.81. The van der Waals surface area contributed by atoms with Crippen molar-refractivity contribution in [2.45, 2.75) is 57.2 Å². The summed E-state index contributed by atoms with van der Waals surface area (Å²) >= 11 is 0. The Morgan fingerprint density at radius 2 is 1.86 bits per heavy atom. The lowest BCUT2D eigenvalue weighted by Crippen LogP contribution is -2.47. The van der Waals surface area contributed by atoms with Gasteiger partial charge in [-0.3, -0.25) is 14.5 Å². The van der Waals surface area contributed by atoms with Gasteiger partial charge >= 0.3 is 5.97 Å². The molecule has 2 aliphatic rings. The molecule has 0 bridgehead atoms. The van der Waals surface area contributed by atoms with E-state index in [2.05, 4.69) is 6.92 Å². The number of aliphatic hydroxyl groups is 1. The maximum Gasteiger partial charge on any atom is 0.321 e. The van der Waals surface area contributed by atoms with Crippen molar-refractivity contribution in [3.05, 3.63) is 0 Å². The number of amides is 1. The minimum atomic E-state index is -0.964. The molecule has 6 nitrogen and oxygen atoms in total. The Bertz CT molecular complexity index is 393. The van der Waals surface area contributed by atoms with Crippen molar-refractivity contribution in [3.8, 4) is 0 Å². The van der Waals surface area contributed by atoms with Crippen LogP contribution in [0.5, 0.6) is 0 Å². The first-order chi connectivity index (χ1) is 9.88. The molecule has 1 saturated carbocycles. The third-order valence-electron chi connectivity index (χ3n) is 4.93. The van der Waals surface area contributed by atoms with Crippen LogP contribution in [0.4, 0.5) is 0 Å². The molecule has 6 heteroatoms. The fraction of sp³-hybridized carbons (Fsp3) is 0.867. The molecule has 0 aromatic heterocycles. The first-order valence-corrected chi connectivity index (χ1v) is 7.79. The standard InChI is InChI=1S/C15H26N2O4/c1-10-3-5-11(6-4-10)16(2)14(19)9-17-8-12(18)7-13(17)15(20)21/h10-13,18H,3-9H2,1-2H3,(H,20,21). The van der Waals surface area contributed by atoms with Crippen LogP contribution in [0, 0.1) is 5.92 Å². The van der Waals surface area contributed by atoms with Gasteiger partial charge in [-0.25, -0.2) is 0 Å². The maximum absolute atomic E-state index is 12.4. The second-order valence-corrected chi connectivity index (χ2v) is 6.59. The Kier molecular flexibility index (Phi) is 5.22. The molecule has 120 valence electrons. The number of hydrogen-bond acceptors (Lipinski definition) is 4. The lowest BCUT2D eigenvalue weighted by molar-refractivity contribution is -0.143. The van der Waals surface area contributed by atoms with Gasteiger partial charge in [-0.2, -0.15) is 0 Å². The zero-order valence-electron chi connectivity index (χ0n) is 12.9. The van der Waals surface area contributed by atoms with Crippen molar-refractivity contribution in [2.75, 3.05) is 20.1 Å². The minimum Gasteiger partial charge on any atom is -0.480 e. The van der Waals surface area contributed by atoms with E-state index in [1.807, 2.05) is 7.05 Å². The van der Waals surface area contributed by atoms with Crippen LogP contribution in [0.25, 0.3) is 0 Å². The van der Waals surface area contributed by atoms with Crippen LogP contribution < -0.4 is 0 Å². The quantitative estimate of drug-likeness (QED) is 0.792. The van der Waals surface area contributed by atoms with Gasteiger partial charge in [0, 0.05) is 26.1 Å². The molecule has 0 radical (unpaired) electrons. The monoisotopic (exact) mass is 298 g/mol. The smallest absolute Gasteiger partial charge is 0.321 e. The maximum atomic E-state index is 12.4. The SMILES string of the molecule is CC1CCC(N(C)C(=O)CN2CC(O)CC2C(=O)O)CC1. The van der Waals surface area contributed by atoms with E-state index in [4.69, 9.17) is 5.11 Å². The summed E-state index contributed by atoms with van der Waals surface area (Å²) in [5, 5.41) is 18.8. The largest absolute Gasteiger partial charge is 0.480 e. The first kappa shape index (κ1) is 16.2. The molecule has 2 rings (SSSR count). The topological polar surface area (TPSA) is 81.1 Å². The Hall–Kier alpha value is -1.14. The minimum absolute atomic E-state index is 0.0464. The third-order valence-corrected chi connectivity index (χ3v) is 4.93. The molecule has 0 spiro atoms. The van der Waals surface area contributed by atoms with E-state index in [-0.39, 0.29) is 31.5 Å². The number of β-amino-alcohol motifs (C(OH)–C–C–N with tert-alkyl or cyclic N) is 1. The summed E-state index contributed by atoms with van der Waals surface area (Å²) in [6.45, 7) is 2.58. The van der Waals surface area contributed by atoms with Crippen LogP contribution in [-0.2, 0) is 9.59 Å². The number of carboxylic acids is 1. The van der Waals surface area contributed by atoms with Crippen LogP contribution in [0.3, 0.4) is 0 Å². The van der Waals surface area contributed by atoms with Gasteiger partial charge in [0.2, 0.25) is 5.91 Å². The molecular formula is C15H26N2O4. The zero-order chi connectivity index (χ0) is 15.6. The number of likely N-dealkylation sites (N-methyl/N-ethyl adjacent to an activating group) is 1. The molecule has 0 aromatic carbocycles. The summed E-state index contributed by atoms with van der Waals surface area (Å²) in [6, 6.07) is -0.478. The molecule has 2 unspecified atom stereocenters. The molecular weight excluding hydrogens is 272 g/mol. The van der Waals surface area contributed by atoms with Crippen molar-refractivity contribution >= 4 is 11.9 Å². The molecule has 1 amide bonds. The van der Waals surface area contributed by atoms with Gasteiger partial charge in [-0.05, 0) is 31.6 Å². The number of likely N-dealkylation sites (tertiary alicyclic amines) is 1. The Labute approximate surface area is 125 Å². The van der Waals surface area contributed by atoms with Gasteiger partial charge < -0.3 is 15.1 Å². The number of carbonyl (C=O) groups excluding carboxylic acids is 1. The van der Waals surface area contributed by atoms with Crippen molar-refractivity contribution in [1.82, 2.24) is 9.80 Å². The zero-order valence-corrected chi connectivity index (χ0v) is 12.9. The van der Waals surface area contributed by atoms with Gasteiger partial charge in [0.25, 0.3) is 0 Å². The van der Waals surface area contributed by atoms with Gasteiger partial charge in [0.1, 0.15) is 6.04 Å². The average Bonchev–Trinajstić information content (AvgIpc) is 2.80. The second kappa shape index (κ2) is 6.75. The van der Waals surface area contributed by atoms with E-state index in [0.29, 0.717) is 0 Å². The number of nitrogens with zero attached hydrogens (tertiary/aromatic N) is 2. The van der Waals surface area contributed by atoms with E-state index in [1.54, 1.807) is 9.80 Å². The predicted octanol–water partition coefficient (Wildman–Crippen LogP) is 0.543. The molecule has 1 aliphatic heterocycles. The van der Waals surface area contributed by atoms with Gasteiger partial charge in [0.05, 0.1) is 12.6 Å². The molecule has 21 heavy (non-hydrogen) atoms. The highest BCUT2D eigenvalue weighted by Gasteiger charge is 2.37. The fourth-order valence-electron chi connectivity index (χ4n) is 3.43. The van der Waals surface area contributed by atoms with Gasteiger partial charge in [-0.1, -0.05) is 6.92 Å². The normalized spacial score (nSPS) is 33.9. The summed E-state index contributed by atoms with van der Waals surface area (Å²) in [6.07, 6.45) is 3.88. The van der Waals surface area contributed by atoms with Crippen LogP contribution in [-0.4, -0.2) is 70.2 Å². The molecule has 0 aromatic rings. The van der Waals surface area contributed by atoms with Crippen molar-refractivity contribution in [2.24, 2.45) is 5.92 Å². The number of aliphatic carboxylic acids is 1. The summed E-state index contributed by atoms with van der Waals surface area (Å²) in [4.78, 5) is 26.9. The molecule has 2 fully saturated rings. The van der Waals surface area contributed by atoms with E-state index in [9.17, 15) is 14.7 Å². The first-order valence-electron chi connectivity index (χ1n) is 7.79. The fourth-order valence-corrected chi connectivity index (χ4v) is 3.43. The Balaban J connectivity index is 1.89. The van der Waals surface area contributed by atoms with Crippen LogP contribution >= 0.6 is 0 Å². The van der Waals surface area contributed by atoms with Crippen molar-refractivity contribution in [1.29, 1.82) is 0 Å².